The number of carbonyl (C=O) groups is 1. The second-order valence-electron chi connectivity index (χ2n) is 7.63. The van der Waals surface area contributed by atoms with E-state index in [1.165, 1.54) is 17.8 Å². The maximum atomic E-state index is 12.5. The van der Waals surface area contributed by atoms with Gasteiger partial charge in [0, 0.05) is 61.4 Å². The smallest absolute Gasteiger partial charge is 0.222 e. The second-order valence-corrected chi connectivity index (χ2v) is 8.61. The van der Waals surface area contributed by atoms with Crippen LogP contribution in [0.2, 0.25) is 0 Å². The predicted molar refractivity (Wildman–Crippen MR) is 103 cm³/mol. The van der Waals surface area contributed by atoms with Crippen LogP contribution in [0.15, 0.2) is 36.0 Å². The van der Waals surface area contributed by atoms with E-state index in [4.69, 9.17) is 0 Å². The molecule has 1 spiro atoms. The Balaban J connectivity index is 1.38. The summed E-state index contributed by atoms with van der Waals surface area (Å²) in [4.78, 5) is 25.9. The summed E-state index contributed by atoms with van der Waals surface area (Å²) < 4.78 is 0. The zero-order valence-electron chi connectivity index (χ0n) is 15.1. The third-order valence-corrected chi connectivity index (χ3v) is 6.46. The molecular formula is C20H26N4OS. The van der Waals surface area contributed by atoms with E-state index in [-0.39, 0.29) is 5.41 Å². The van der Waals surface area contributed by atoms with Gasteiger partial charge in [-0.15, -0.1) is 11.3 Å². The maximum absolute atomic E-state index is 12.5. The summed E-state index contributed by atoms with van der Waals surface area (Å²) >= 11 is 1.73. The molecule has 2 fully saturated rings. The normalized spacial score (nSPS) is 24.3. The highest BCUT2D eigenvalue weighted by molar-refractivity contribution is 7.09. The summed E-state index contributed by atoms with van der Waals surface area (Å²) in [6, 6.07) is 5.99. The lowest BCUT2D eigenvalue weighted by Gasteiger charge is -2.48. The zero-order chi connectivity index (χ0) is 17.8. The molecule has 5 nitrogen and oxygen atoms in total. The number of aromatic nitrogens is 2. The molecule has 2 aromatic heterocycles. The van der Waals surface area contributed by atoms with Crippen LogP contribution in [-0.4, -0.2) is 51.9 Å². The van der Waals surface area contributed by atoms with Gasteiger partial charge in [0.1, 0.15) is 5.01 Å². The molecule has 0 aromatic carbocycles. The van der Waals surface area contributed by atoms with Gasteiger partial charge < -0.3 is 4.90 Å². The molecule has 1 atom stereocenters. The minimum Gasteiger partial charge on any atom is -0.342 e. The van der Waals surface area contributed by atoms with Crippen molar-refractivity contribution in [2.75, 3.05) is 26.2 Å². The first-order valence-electron chi connectivity index (χ1n) is 9.51. The molecule has 26 heavy (non-hydrogen) atoms. The van der Waals surface area contributed by atoms with E-state index >= 15 is 0 Å². The van der Waals surface area contributed by atoms with Gasteiger partial charge in [0.05, 0.1) is 6.54 Å². The molecule has 6 heteroatoms. The van der Waals surface area contributed by atoms with Crippen molar-refractivity contribution in [3.63, 3.8) is 0 Å². The van der Waals surface area contributed by atoms with Crippen molar-refractivity contribution in [3.05, 3.63) is 46.7 Å². The van der Waals surface area contributed by atoms with Gasteiger partial charge in [0.2, 0.25) is 5.91 Å². The first-order chi connectivity index (χ1) is 12.7. The molecule has 0 bridgehead atoms. The molecule has 2 aliphatic rings. The fourth-order valence-electron chi connectivity index (χ4n) is 4.40. The molecule has 4 rings (SSSR count). The lowest BCUT2D eigenvalue weighted by Crippen LogP contribution is -2.54. The number of amides is 1. The number of rotatable bonds is 5. The van der Waals surface area contributed by atoms with Crippen molar-refractivity contribution in [3.8, 4) is 0 Å². The van der Waals surface area contributed by atoms with Crippen LogP contribution in [0.25, 0.3) is 0 Å². The number of piperidine rings is 2. The molecule has 0 unspecified atom stereocenters. The predicted octanol–water partition coefficient (Wildman–Crippen LogP) is 2.99. The van der Waals surface area contributed by atoms with E-state index in [9.17, 15) is 4.79 Å². The minimum absolute atomic E-state index is 0.257. The van der Waals surface area contributed by atoms with Crippen molar-refractivity contribution in [1.82, 2.24) is 19.8 Å². The van der Waals surface area contributed by atoms with Gasteiger partial charge in [-0.05, 0) is 37.9 Å². The minimum atomic E-state index is 0.257. The van der Waals surface area contributed by atoms with Crippen LogP contribution in [-0.2, 0) is 17.8 Å². The first-order valence-corrected chi connectivity index (χ1v) is 10.4. The number of hydrogen-bond acceptors (Lipinski definition) is 5. The molecule has 4 heterocycles. The number of thiazole rings is 1. The molecular weight excluding hydrogens is 344 g/mol. The Morgan fingerprint density at radius 3 is 2.92 bits per heavy atom. The van der Waals surface area contributed by atoms with E-state index < -0.39 is 0 Å². The SMILES string of the molecule is O=C1CC[C@]2(CCCN(Cc3nccs3)C2)CN1CCc1ccccn1. The summed E-state index contributed by atoms with van der Waals surface area (Å²) in [5.41, 5.74) is 1.32. The Hall–Kier alpha value is -1.79. The molecule has 138 valence electrons. The maximum Gasteiger partial charge on any atom is 0.222 e. The van der Waals surface area contributed by atoms with Crippen LogP contribution in [0.1, 0.15) is 36.4 Å². The van der Waals surface area contributed by atoms with Gasteiger partial charge in [-0.1, -0.05) is 6.07 Å². The molecule has 2 aromatic rings. The lowest BCUT2D eigenvalue weighted by atomic mass is 9.73. The van der Waals surface area contributed by atoms with Crippen molar-refractivity contribution in [1.29, 1.82) is 0 Å². The highest BCUT2D eigenvalue weighted by Gasteiger charge is 2.41. The van der Waals surface area contributed by atoms with Crippen LogP contribution in [0.3, 0.4) is 0 Å². The highest BCUT2D eigenvalue weighted by atomic mass is 32.1. The van der Waals surface area contributed by atoms with Gasteiger partial charge in [-0.3, -0.25) is 14.7 Å². The second kappa shape index (κ2) is 7.84. The van der Waals surface area contributed by atoms with Crippen molar-refractivity contribution in [2.24, 2.45) is 5.41 Å². The zero-order valence-corrected chi connectivity index (χ0v) is 16.0. The first kappa shape index (κ1) is 17.6. The third kappa shape index (κ3) is 4.13. The summed E-state index contributed by atoms with van der Waals surface area (Å²) in [7, 11) is 0. The molecule has 0 N–H and O–H groups in total. The molecule has 1 amide bonds. The van der Waals surface area contributed by atoms with Gasteiger partial charge in [0.25, 0.3) is 0 Å². The molecule has 0 aliphatic carbocycles. The van der Waals surface area contributed by atoms with E-state index in [1.54, 1.807) is 11.3 Å². The average molecular weight is 371 g/mol. The Morgan fingerprint density at radius 1 is 1.15 bits per heavy atom. The van der Waals surface area contributed by atoms with Crippen molar-refractivity contribution >= 4 is 17.2 Å². The summed E-state index contributed by atoms with van der Waals surface area (Å²) in [5.74, 6) is 0.309. The Morgan fingerprint density at radius 2 is 2.12 bits per heavy atom. The molecule has 0 saturated carbocycles. The van der Waals surface area contributed by atoms with E-state index in [1.807, 2.05) is 36.0 Å². The summed E-state index contributed by atoms with van der Waals surface area (Å²) in [5, 5.41) is 3.24. The number of hydrogen-bond donors (Lipinski definition) is 0. The molecule has 2 aliphatic heterocycles. The topological polar surface area (TPSA) is 49.3 Å². The van der Waals surface area contributed by atoms with Crippen LogP contribution in [0.5, 0.6) is 0 Å². The summed E-state index contributed by atoms with van der Waals surface area (Å²) in [6.07, 6.45) is 8.71. The largest absolute Gasteiger partial charge is 0.342 e. The van der Waals surface area contributed by atoms with Gasteiger partial charge in [-0.25, -0.2) is 4.98 Å². The van der Waals surface area contributed by atoms with Gasteiger partial charge in [-0.2, -0.15) is 0 Å². The van der Waals surface area contributed by atoms with Gasteiger partial charge in [0.15, 0.2) is 0 Å². The quantitative estimate of drug-likeness (QED) is 0.812. The summed E-state index contributed by atoms with van der Waals surface area (Å²) in [6.45, 7) is 4.85. The molecule has 2 saturated heterocycles. The fraction of sp³-hybridized carbons (Fsp3) is 0.550. The van der Waals surface area contributed by atoms with Crippen molar-refractivity contribution in [2.45, 2.75) is 38.6 Å². The third-order valence-electron chi connectivity index (χ3n) is 5.69. The average Bonchev–Trinajstić information content (AvgIpc) is 3.17. The number of carbonyl (C=O) groups excluding carboxylic acids is 1. The fourth-order valence-corrected chi connectivity index (χ4v) is 5.06. The monoisotopic (exact) mass is 370 g/mol. The van der Waals surface area contributed by atoms with Crippen molar-refractivity contribution < 1.29 is 4.79 Å². The Labute approximate surface area is 159 Å². The van der Waals surface area contributed by atoms with Crippen LogP contribution >= 0.6 is 11.3 Å². The van der Waals surface area contributed by atoms with E-state index in [2.05, 4.69) is 19.8 Å². The number of likely N-dealkylation sites (tertiary alicyclic amines) is 2. The Kier molecular flexibility index (Phi) is 5.31. The number of pyridine rings is 1. The molecule has 0 radical (unpaired) electrons. The van der Waals surface area contributed by atoms with E-state index in [0.717, 1.165) is 51.3 Å². The Bertz CT molecular complexity index is 721. The standard InChI is InChI=1S/C20H26N4OS/c25-19-5-8-20(16-24(19)12-6-17-4-1-2-9-21-17)7-3-11-23(15-20)14-18-22-10-13-26-18/h1-2,4,9-10,13H,3,5-8,11-12,14-16H2/t20-/m0/s1. The van der Waals surface area contributed by atoms with Crippen LogP contribution in [0.4, 0.5) is 0 Å². The highest BCUT2D eigenvalue weighted by Crippen LogP contribution is 2.39. The van der Waals surface area contributed by atoms with Gasteiger partial charge >= 0.3 is 0 Å². The van der Waals surface area contributed by atoms with Crippen LogP contribution < -0.4 is 0 Å². The van der Waals surface area contributed by atoms with Crippen LogP contribution in [0, 0.1) is 5.41 Å². The number of nitrogens with zero attached hydrogens (tertiary/aromatic N) is 4. The lowest BCUT2D eigenvalue weighted by molar-refractivity contribution is -0.139. The van der Waals surface area contributed by atoms with E-state index in [0.29, 0.717) is 12.3 Å².